The number of piperidine rings is 1. The van der Waals surface area contributed by atoms with Crippen molar-refractivity contribution in [1.82, 2.24) is 25.5 Å². The van der Waals surface area contributed by atoms with Gasteiger partial charge in [0.15, 0.2) is 0 Å². The van der Waals surface area contributed by atoms with Crippen molar-refractivity contribution >= 4 is 69.1 Å². The van der Waals surface area contributed by atoms with Gasteiger partial charge in [0.05, 0.1) is 41.5 Å². The monoisotopic (exact) mass is 919 g/mol. The van der Waals surface area contributed by atoms with Crippen molar-refractivity contribution in [2.24, 2.45) is 16.1 Å². The zero-order valence-electron chi connectivity index (χ0n) is 37.0. The van der Waals surface area contributed by atoms with E-state index in [2.05, 4.69) is 46.4 Å². The first kappa shape index (κ1) is 47.1. The number of hydrogen-bond donors (Lipinski definition) is 6. The molecule has 7 rings (SSSR count). The van der Waals surface area contributed by atoms with Gasteiger partial charge in [-0.05, 0) is 105 Å². The third-order valence-corrected chi connectivity index (χ3v) is 12.2. The Morgan fingerprint density at radius 1 is 0.712 bits per heavy atom. The topological polar surface area (TPSA) is 229 Å². The molecule has 0 radical (unpaired) electrons. The lowest BCUT2D eigenvalue weighted by Crippen LogP contribution is -2.37. The number of amides is 4. The number of nitrogens with one attached hydrogen (secondary N) is 6. The minimum absolute atomic E-state index is 0.0469. The Bertz CT molecular complexity index is 2600. The summed E-state index contributed by atoms with van der Waals surface area (Å²) in [7, 11) is 2.72. The molecule has 2 fully saturated rings. The number of aromatic nitrogens is 2. The van der Waals surface area contributed by atoms with E-state index in [0.717, 1.165) is 51.7 Å². The maximum Gasteiger partial charge on any atom is 0.323 e. The Morgan fingerprint density at radius 2 is 1.38 bits per heavy atom. The summed E-state index contributed by atoms with van der Waals surface area (Å²) >= 11 is 6.30. The maximum atomic E-state index is 14.1. The zero-order chi connectivity index (χ0) is 46.6. The molecule has 5 aromatic rings. The SMILES string of the molecule is COc1cc(C(=O)C(N=Nc2ccc(C(=O)Nc3cc(C(=O)NCCC4CCCCC4)cc(C(=O)NCCN4CCCCC4)c3)cc2)C(=O)Nc2ccc3[nH]c(=O)[nH]c3c2)c(OC)cc1Cl. The van der Waals surface area contributed by atoms with Crippen LogP contribution in [0.5, 0.6) is 11.5 Å². The number of rotatable bonds is 18. The van der Waals surface area contributed by atoms with Gasteiger partial charge in [-0.15, -0.1) is 0 Å². The maximum absolute atomic E-state index is 14.1. The molecule has 1 saturated heterocycles. The number of Topliss-reactive ketones (excluding diaryl/α,β-unsaturated/α-hetero) is 1. The van der Waals surface area contributed by atoms with Crippen LogP contribution in [-0.4, -0.2) is 97.3 Å². The minimum Gasteiger partial charge on any atom is -0.496 e. The average molecular weight is 920 g/mol. The standard InChI is InChI=1S/C48H54ClN9O8/c1-65-40-28-37(49)41(66-2)27-36(40)43(59)42(47(63)52-34-15-16-38-39(26-34)55-48(64)54-38)57-56-33-13-11-30(12-14-33)46(62)53-35-24-31(44(60)50-18-17-29-9-5-3-6-10-29)23-32(25-35)45(61)51-19-22-58-20-7-4-8-21-58/h11-16,23-29,42H,3-10,17-22H2,1-2H3,(H,50,60)(H,51,61)(H,52,63)(H,53,62)(H2,54,55,64). The number of benzene rings is 4. The summed E-state index contributed by atoms with van der Waals surface area (Å²) in [4.78, 5) is 87.9. The third-order valence-electron chi connectivity index (χ3n) is 11.9. The molecule has 18 heteroatoms. The van der Waals surface area contributed by atoms with E-state index in [-0.39, 0.29) is 67.7 Å². The fraction of sp³-hybridized carbons (Fsp3) is 0.375. The molecule has 17 nitrogen and oxygen atoms in total. The Hall–Kier alpha value is -6.85. The van der Waals surface area contributed by atoms with Crippen molar-refractivity contribution in [2.45, 2.75) is 63.8 Å². The quantitative estimate of drug-likeness (QED) is 0.0287. The predicted molar refractivity (Wildman–Crippen MR) is 252 cm³/mol. The van der Waals surface area contributed by atoms with Crippen molar-refractivity contribution in [1.29, 1.82) is 0 Å². The second-order valence-corrected chi connectivity index (χ2v) is 16.9. The number of carbonyl (C=O) groups excluding carboxylic acids is 5. The lowest BCUT2D eigenvalue weighted by molar-refractivity contribution is -0.116. The fourth-order valence-corrected chi connectivity index (χ4v) is 8.53. The fourth-order valence-electron chi connectivity index (χ4n) is 8.29. The van der Waals surface area contributed by atoms with Gasteiger partial charge < -0.3 is 45.6 Å². The van der Waals surface area contributed by atoms with Crippen LogP contribution in [0, 0.1) is 5.92 Å². The number of imidazole rings is 1. The largest absolute Gasteiger partial charge is 0.496 e. The molecular formula is C48H54ClN9O8. The number of fused-ring (bicyclic) bond motifs is 1. The second-order valence-electron chi connectivity index (χ2n) is 16.5. The van der Waals surface area contributed by atoms with Gasteiger partial charge in [0, 0.05) is 53.8 Å². The number of methoxy groups -OCH3 is 2. The zero-order valence-corrected chi connectivity index (χ0v) is 37.7. The molecule has 4 amide bonds. The van der Waals surface area contributed by atoms with Crippen LogP contribution in [0.25, 0.3) is 11.0 Å². The Labute approximate surface area is 386 Å². The lowest BCUT2D eigenvalue weighted by Gasteiger charge is -2.26. The molecule has 6 N–H and O–H groups in total. The Balaban J connectivity index is 1.08. The number of ketones is 1. The third kappa shape index (κ3) is 12.3. The van der Waals surface area contributed by atoms with Crippen molar-refractivity contribution < 1.29 is 33.4 Å². The number of hydrogen-bond acceptors (Lipinski definition) is 11. The molecule has 1 aliphatic heterocycles. The Kier molecular flexibility index (Phi) is 16.0. The molecule has 66 heavy (non-hydrogen) atoms. The highest BCUT2D eigenvalue weighted by Gasteiger charge is 2.31. The van der Waals surface area contributed by atoms with E-state index in [1.807, 2.05) is 0 Å². The summed E-state index contributed by atoms with van der Waals surface area (Å²) in [5.74, 6) is -2.04. The highest BCUT2D eigenvalue weighted by molar-refractivity contribution is 6.32. The number of likely N-dealkylation sites (tertiary alicyclic amines) is 1. The molecular weight excluding hydrogens is 866 g/mol. The van der Waals surface area contributed by atoms with E-state index in [1.54, 1.807) is 30.3 Å². The normalized spacial score (nSPS) is 15.0. The number of anilines is 2. The first-order valence-electron chi connectivity index (χ1n) is 22.2. The van der Waals surface area contributed by atoms with Crippen LogP contribution < -0.4 is 36.4 Å². The molecule has 1 aromatic heterocycles. The van der Waals surface area contributed by atoms with Gasteiger partial charge in [0.1, 0.15) is 11.5 Å². The highest BCUT2D eigenvalue weighted by atomic mass is 35.5. The van der Waals surface area contributed by atoms with E-state index in [0.29, 0.717) is 30.0 Å². The Morgan fingerprint density at radius 3 is 2.08 bits per heavy atom. The van der Waals surface area contributed by atoms with Crippen LogP contribution in [0.15, 0.2) is 87.8 Å². The van der Waals surface area contributed by atoms with Crippen molar-refractivity contribution in [3.8, 4) is 11.5 Å². The van der Waals surface area contributed by atoms with E-state index in [9.17, 15) is 28.8 Å². The van der Waals surface area contributed by atoms with Crippen molar-refractivity contribution in [3.63, 3.8) is 0 Å². The van der Waals surface area contributed by atoms with E-state index in [4.69, 9.17) is 21.1 Å². The van der Waals surface area contributed by atoms with Crippen LogP contribution in [0.2, 0.25) is 5.02 Å². The number of H-pyrrole nitrogens is 2. The molecule has 0 bridgehead atoms. The van der Waals surface area contributed by atoms with Crippen LogP contribution >= 0.6 is 11.6 Å². The van der Waals surface area contributed by atoms with E-state index >= 15 is 0 Å². The summed E-state index contributed by atoms with van der Waals surface area (Å²) in [6.07, 6.45) is 10.4. The molecule has 0 spiro atoms. The first-order valence-corrected chi connectivity index (χ1v) is 22.6. The molecule has 2 heterocycles. The molecule has 1 atom stereocenters. The second kappa shape index (κ2) is 22.4. The summed E-state index contributed by atoms with van der Waals surface area (Å²) < 4.78 is 10.7. The minimum atomic E-state index is -1.75. The number of halogens is 1. The number of azo groups is 1. The summed E-state index contributed by atoms with van der Waals surface area (Å²) in [6, 6.07) is 16.2. The average Bonchev–Trinajstić information content (AvgIpc) is 3.71. The highest BCUT2D eigenvalue weighted by Crippen LogP contribution is 2.34. The van der Waals surface area contributed by atoms with Crippen LogP contribution in [0.4, 0.5) is 17.1 Å². The van der Waals surface area contributed by atoms with Gasteiger partial charge >= 0.3 is 5.69 Å². The molecule has 1 aliphatic carbocycles. The smallest absolute Gasteiger partial charge is 0.323 e. The van der Waals surface area contributed by atoms with E-state index < -0.39 is 29.3 Å². The van der Waals surface area contributed by atoms with Crippen LogP contribution in [0.1, 0.15) is 99.2 Å². The lowest BCUT2D eigenvalue weighted by atomic mass is 9.87. The van der Waals surface area contributed by atoms with Crippen molar-refractivity contribution in [2.75, 3.05) is 57.6 Å². The van der Waals surface area contributed by atoms with Gasteiger partial charge in [0.25, 0.3) is 23.6 Å². The van der Waals surface area contributed by atoms with Gasteiger partial charge in [-0.3, -0.25) is 24.0 Å². The summed E-state index contributed by atoms with van der Waals surface area (Å²) in [5.41, 5.74) is 1.91. The number of nitrogens with zero attached hydrogens (tertiary/aromatic N) is 3. The molecule has 346 valence electrons. The van der Waals surface area contributed by atoms with Gasteiger partial charge in [-0.25, -0.2) is 4.79 Å². The number of ether oxygens (including phenoxy) is 2. The van der Waals surface area contributed by atoms with Gasteiger partial charge in [-0.1, -0.05) is 50.1 Å². The molecule has 4 aromatic carbocycles. The summed E-state index contributed by atoms with van der Waals surface area (Å²) in [6.45, 7) is 3.67. The summed E-state index contributed by atoms with van der Waals surface area (Å²) in [5, 5.41) is 20.0. The van der Waals surface area contributed by atoms with Crippen molar-refractivity contribution in [3.05, 3.63) is 111 Å². The molecule has 1 unspecified atom stereocenters. The number of aromatic amines is 2. The first-order chi connectivity index (χ1) is 32.0. The predicted octanol–water partition coefficient (Wildman–Crippen LogP) is 7.67. The molecule has 1 saturated carbocycles. The van der Waals surface area contributed by atoms with Crippen LogP contribution in [-0.2, 0) is 4.79 Å². The molecule has 2 aliphatic rings. The van der Waals surface area contributed by atoms with Gasteiger partial charge in [-0.2, -0.15) is 10.2 Å². The number of carbonyl (C=O) groups is 5. The van der Waals surface area contributed by atoms with Gasteiger partial charge in [0.2, 0.25) is 11.8 Å². The van der Waals surface area contributed by atoms with E-state index in [1.165, 1.54) is 82.4 Å². The van der Waals surface area contributed by atoms with Crippen LogP contribution in [0.3, 0.4) is 0 Å².